The minimum atomic E-state index is -0.918. The van der Waals surface area contributed by atoms with E-state index in [0.717, 1.165) is 41.2 Å². The molecule has 0 fully saturated rings. The van der Waals surface area contributed by atoms with Gasteiger partial charge in [0.15, 0.2) is 0 Å². The van der Waals surface area contributed by atoms with Gasteiger partial charge in [-0.3, -0.25) is 30.0 Å². The van der Waals surface area contributed by atoms with Crippen LogP contribution in [0.15, 0.2) is 124 Å². The van der Waals surface area contributed by atoms with Crippen LogP contribution in [0, 0.1) is 10.8 Å². The quantitative estimate of drug-likeness (QED) is 0.255. The van der Waals surface area contributed by atoms with Gasteiger partial charge in [0, 0.05) is 41.1 Å². The summed E-state index contributed by atoms with van der Waals surface area (Å²) in [5.41, 5.74) is -4.73. The maximum absolute atomic E-state index is 14.0. The molecule has 48 heavy (non-hydrogen) atoms. The van der Waals surface area contributed by atoms with Crippen molar-refractivity contribution in [3.05, 3.63) is 142 Å². The van der Waals surface area contributed by atoms with Crippen LogP contribution in [-0.4, -0.2) is 18.8 Å². The SMILES string of the molecule is N=c1c2ccc(SC3=CCCC=C3)cc2c2nc3c(=O)c4c(=O)n5c(=N)c6ccc(Sc7ccccc7)cc6c5nc4c(=O)c3c(=O)n12. The molecule has 230 valence electrons. The van der Waals surface area contributed by atoms with E-state index in [2.05, 4.69) is 22.1 Å². The second kappa shape index (κ2) is 10.4. The fourth-order valence-corrected chi connectivity index (χ4v) is 8.25. The van der Waals surface area contributed by atoms with Crippen LogP contribution in [0.2, 0.25) is 0 Å². The molecule has 0 spiro atoms. The van der Waals surface area contributed by atoms with E-state index in [1.807, 2.05) is 54.6 Å². The topological polar surface area (TPSA) is 151 Å². The summed E-state index contributed by atoms with van der Waals surface area (Å²) in [4.78, 5) is 68.7. The summed E-state index contributed by atoms with van der Waals surface area (Å²) in [5, 5.41) is 18.3. The van der Waals surface area contributed by atoms with E-state index in [1.54, 1.807) is 18.2 Å². The summed E-state index contributed by atoms with van der Waals surface area (Å²) in [6.07, 6.45) is 8.21. The molecule has 0 aliphatic heterocycles. The minimum absolute atomic E-state index is 0.0428. The van der Waals surface area contributed by atoms with Crippen molar-refractivity contribution in [3.8, 4) is 0 Å². The van der Waals surface area contributed by atoms with Crippen LogP contribution in [0.3, 0.4) is 0 Å². The van der Waals surface area contributed by atoms with Crippen molar-refractivity contribution in [2.75, 3.05) is 0 Å². The molecule has 10 nitrogen and oxygen atoms in total. The Kier molecular flexibility index (Phi) is 6.17. The summed E-state index contributed by atoms with van der Waals surface area (Å²) in [6.45, 7) is 0. The fourth-order valence-electron chi connectivity index (χ4n) is 6.42. The number of hydrogen-bond donors (Lipinski definition) is 2. The Morgan fingerprint density at radius 3 is 1.67 bits per heavy atom. The van der Waals surface area contributed by atoms with Gasteiger partial charge in [0.1, 0.15) is 44.1 Å². The van der Waals surface area contributed by atoms with Gasteiger partial charge in [0.25, 0.3) is 11.1 Å². The lowest BCUT2D eigenvalue weighted by atomic mass is 10.1. The molecule has 1 aliphatic carbocycles. The number of rotatable bonds is 4. The molecule has 2 N–H and O–H groups in total. The molecule has 0 atom stereocenters. The van der Waals surface area contributed by atoms with Crippen LogP contribution in [0.5, 0.6) is 0 Å². The fraction of sp³-hybridized carbons (Fsp3) is 0.0556. The molecule has 0 saturated carbocycles. The molecule has 1 aliphatic rings. The zero-order valence-corrected chi connectivity index (χ0v) is 26.4. The normalized spacial score (nSPS) is 13.5. The largest absolute Gasteiger partial charge is 0.287 e. The number of fused-ring (bicyclic) bond motifs is 8. The Balaban J connectivity index is 1.32. The first-order valence-electron chi connectivity index (χ1n) is 15.0. The van der Waals surface area contributed by atoms with Gasteiger partial charge in [-0.15, -0.1) is 0 Å². The van der Waals surface area contributed by atoms with Gasteiger partial charge in [-0.1, -0.05) is 60.0 Å². The van der Waals surface area contributed by atoms with E-state index in [-0.39, 0.29) is 22.3 Å². The number of allylic oxidation sites excluding steroid dienone is 3. The third-order valence-corrected chi connectivity index (χ3v) is 10.7. The number of nitrogens with zero attached hydrogens (tertiary/aromatic N) is 4. The zero-order valence-electron chi connectivity index (χ0n) is 24.7. The van der Waals surface area contributed by atoms with Gasteiger partial charge in [-0.2, -0.15) is 0 Å². The van der Waals surface area contributed by atoms with Crippen LogP contribution in [0.25, 0.3) is 54.6 Å². The molecule has 4 aromatic heterocycles. The van der Waals surface area contributed by atoms with Crippen molar-refractivity contribution in [3.63, 3.8) is 0 Å². The van der Waals surface area contributed by atoms with Gasteiger partial charge in [0.2, 0.25) is 10.9 Å². The van der Waals surface area contributed by atoms with E-state index < -0.39 is 43.8 Å². The highest BCUT2D eigenvalue weighted by Gasteiger charge is 2.25. The summed E-state index contributed by atoms with van der Waals surface area (Å²) < 4.78 is 2.06. The molecule has 0 unspecified atom stereocenters. The lowest BCUT2D eigenvalue weighted by Crippen LogP contribution is -2.34. The second-order valence-electron chi connectivity index (χ2n) is 11.5. The van der Waals surface area contributed by atoms with E-state index in [9.17, 15) is 19.2 Å². The molecule has 12 heteroatoms. The van der Waals surface area contributed by atoms with Gasteiger partial charge >= 0.3 is 0 Å². The average Bonchev–Trinajstić information content (AvgIpc) is 3.54. The lowest BCUT2D eigenvalue weighted by Gasteiger charge is -2.06. The first kappa shape index (κ1) is 28.5. The van der Waals surface area contributed by atoms with Crippen molar-refractivity contribution in [1.82, 2.24) is 18.8 Å². The van der Waals surface area contributed by atoms with Crippen LogP contribution in [-0.2, 0) is 0 Å². The molecule has 8 aromatic rings. The van der Waals surface area contributed by atoms with E-state index in [1.165, 1.54) is 23.5 Å². The Labute approximate surface area is 276 Å². The third-order valence-electron chi connectivity index (χ3n) is 8.65. The van der Waals surface area contributed by atoms with Crippen LogP contribution in [0.4, 0.5) is 0 Å². The number of benzene rings is 4. The number of nitrogens with one attached hydrogen (secondary N) is 2. The minimum Gasteiger partial charge on any atom is -0.287 e. The predicted octanol–water partition coefficient (Wildman–Crippen LogP) is 4.79. The average molecular weight is 665 g/mol. The van der Waals surface area contributed by atoms with Crippen LogP contribution in [0.1, 0.15) is 12.8 Å². The standard InChI is InChI=1S/C36H20N6O4S2/c37-31-21-13-11-19(47-17-7-3-1-4-8-17)15-23(21)33-39-27-25(35(45)41(31)33)30(44)28-26(29(27)43)36(46)42-32(38)22-14-12-20(16-24(22)34(42)40-28)48-18-9-5-2-6-10-18/h1,3-5,7-16,37-38H,2,6H2. The van der Waals surface area contributed by atoms with Crippen LogP contribution < -0.4 is 33.0 Å². The highest BCUT2D eigenvalue weighted by molar-refractivity contribution is 8.03. The molecular weight excluding hydrogens is 645 g/mol. The van der Waals surface area contributed by atoms with Gasteiger partial charge in [-0.25, -0.2) is 18.8 Å². The molecule has 9 rings (SSSR count). The lowest BCUT2D eigenvalue weighted by molar-refractivity contribution is 0.990. The highest BCUT2D eigenvalue weighted by Crippen LogP contribution is 2.33. The molecular formula is C36H20N6O4S2. The first-order chi connectivity index (χ1) is 23.3. The third kappa shape index (κ3) is 4.02. The maximum Gasteiger partial charge on any atom is 0.271 e. The molecule has 0 saturated heterocycles. The predicted molar refractivity (Wildman–Crippen MR) is 187 cm³/mol. The van der Waals surface area contributed by atoms with E-state index >= 15 is 0 Å². The zero-order chi connectivity index (χ0) is 32.8. The van der Waals surface area contributed by atoms with Gasteiger partial charge in [0.05, 0.1) is 0 Å². The molecule has 0 amide bonds. The maximum atomic E-state index is 14.0. The van der Waals surface area contributed by atoms with Crippen LogP contribution >= 0.6 is 23.5 Å². The molecule has 4 heterocycles. The van der Waals surface area contributed by atoms with Crippen molar-refractivity contribution < 1.29 is 0 Å². The monoisotopic (exact) mass is 664 g/mol. The van der Waals surface area contributed by atoms with E-state index in [0.29, 0.717) is 21.5 Å². The molecule has 0 bridgehead atoms. The van der Waals surface area contributed by atoms with Crippen molar-refractivity contribution in [2.45, 2.75) is 27.5 Å². The van der Waals surface area contributed by atoms with Gasteiger partial charge < -0.3 is 0 Å². The Hall–Kier alpha value is -5.72. The summed E-state index contributed by atoms with van der Waals surface area (Å²) in [7, 11) is 0. The summed E-state index contributed by atoms with van der Waals surface area (Å²) in [6, 6.07) is 20.4. The smallest absolute Gasteiger partial charge is 0.271 e. The second-order valence-corrected chi connectivity index (χ2v) is 13.8. The number of aromatic nitrogens is 4. The molecule has 4 aromatic carbocycles. The number of thioether (sulfide) groups is 1. The summed E-state index contributed by atoms with van der Waals surface area (Å²) in [5.74, 6) is 0. The highest BCUT2D eigenvalue weighted by atomic mass is 32.2. The number of hydrogen-bond acceptors (Lipinski definition) is 10. The van der Waals surface area contributed by atoms with E-state index in [4.69, 9.17) is 10.8 Å². The van der Waals surface area contributed by atoms with Crippen molar-refractivity contribution in [2.24, 2.45) is 0 Å². The Morgan fingerprint density at radius 2 is 1.15 bits per heavy atom. The Bertz CT molecular complexity index is 3140. The van der Waals surface area contributed by atoms with Crippen molar-refractivity contribution in [1.29, 1.82) is 10.8 Å². The molecule has 0 radical (unpaired) electrons. The van der Waals surface area contributed by atoms with Crippen molar-refractivity contribution >= 4 is 78.2 Å². The summed E-state index contributed by atoms with van der Waals surface area (Å²) >= 11 is 3.02. The Morgan fingerprint density at radius 1 is 0.604 bits per heavy atom. The first-order valence-corrected chi connectivity index (χ1v) is 16.6. The van der Waals surface area contributed by atoms with Gasteiger partial charge in [-0.05, 0) is 61.4 Å².